The number of aromatic nitrogens is 3. The van der Waals surface area contributed by atoms with E-state index < -0.39 is 17.5 Å². The molecule has 0 radical (unpaired) electrons. The average Bonchev–Trinajstić information content (AvgIpc) is 3.37. The average molecular weight is 528 g/mol. The zero-order valence-corrected chi connectivity index (χ0v) is 20.2. The van der Waals surface area contributed by atoms with Crippen molar-refractivity contribution in [2.24, 2.45) is 0 Å². The summed E-state index contributed by atoms with van der Waals surface area (Å²) in [7, 11) is 1.43. The van der Waals surface area contributed by atoms with E-state index in [0.29, 0.717) is 21.6 Å². The van der Waals surface area contributed by atoms with E-state index in [0.717, 1.165) is 0 Å². The third-order valence-corrected chi connectivity index (χ3v) is 5.09. The van der Waals surface area contributed by atoms with Gasteiger partial charge < -0.3 is 13.9 Å². The molecule has 0 fully saturated rings. The molecule has 34 heavy (non-hydrogen) atoms. The number of nitrogens with zero attached hydrogens (tertiary/aromatic N) is 3. The number of hydrogen-bond acceptors (Lipinski definition) is 6. The number of furan rings is 1. The first kappa shape index (κ1) is 23.3. The number of benzene rings is 1. The summed E-state index contributed by atoms with van der Waals surface area (Å²) in [5.41, 5.74) is -0.0346. The minimum absolute atomic E-state index is 0.0204. The number of rotatable bonds is 4. The molecule has 0 unspecified atom stereocenters. The number of nitrogens with one attached hydrogen (secondary N) is 2. The third kappa shape index (κ3) is 4.45. The van der Waals surface area contributed by atoms with Gasteiger partial charge in [-0.15, -0.1) is 0 Å². The number of anilines is 1. The fourth-order valence-electron chi connectivity index (χ4n) is 3.34. The predicted octanol–water partition coefficient (Wildman–Crippen LogP) is 6.69. The van der Waals surface area contributed by atoms with Gasteiger partial charge in [0.25, 0.3) is 0 Å². The molecule has 0 spiro atoms. The number of H-pyrrole nitrogens is 1. The Labute approximate surface area is 202 Å². The second-order valence-electron chi connectivity index (χ2n) is 8.17. The fourth-order valence-corrected chi connectivity index (χ4v) is 3.65. The molecule has 2 N–H and O–H groups in total. The van der Waals surface area contributed by atoms with E-state index >= 15 is 0 Å². The quantitative estimate of drug-likeness (QED) is 0.286. The number of halogens is 2. The SMILES string of the molecule is [C-]#[N+]c1c(-c2ccc(OC)cc2F)nc2[nH]nc(NC(=O)OC(C)(C)C)c2c1-c1ccc(Br)o1. The van der Waals surface area contributed by atoms with Crippen LogP contribution >= 0.6 is 15.9 Å². The molecule has 0 atom stereocenters. The highest BCUT2D eigenvalue weighted by Gasteiger charge is 2.27. The van der Waals surface area contributed by atoms with E-state index in [2.05, 4.69) is 41.3 Å². The van der Waals surface area contributed by atoms with E-state index in [1.165, 1.54) is 19.2 Å². The molecule has 11 heteroatoms. The van der Waals surface area contributed by atoms with Crippen molar-refractivity contribution in [1.29, 1.82) is 0 Å². The maximum Gasteiger partial charge on any atom is 0.413 e. The highest BCUT2D eigenvalue weighted by atomic mass is 79.9. The molecule has 0 aliphatic heterocycles. The molecule has 4 aromatic rings. The van der Waals surface area contributed by atoms with Crippen molar-refractivity contribution in [3.05, 3.63) is 52.2 Å². The van der Waals surface area contributed by atoms with Gasteiger partial charge in [-0.2, -0.15) is 5.10 Å². The number of carbonyl (C=O) groups is 1. The lowest BCUT2D eigenvalue weighted by atomic mass is 10.0. The summed E-state index contributed by atoms with van der Waals surface area (Å²) >= 11 is 3.27. The molecule has 9 nitrogen and oxygen atoms in total. The number of fused-ring (bicyclic) bond motifs is 1. The largest absolute Gasteiger partial charge is 0.497 e. The van der Waals surface area contributed by atoms with E-state index in [4.69, 9.17) is 20.5 Å². The first-order chi connectivity index (χ1) is 16.1. The second kappa shape index (κ2) is 8.79. The van der Waals surface area contributed by atoms with Crippen LogP contribution in [-0.4, -0.2) is 34.0 Å². The van der Waals surface area contributed by atoms with Crippen LogP contribution in [0.1, 0.15) is 20.8 Å². The lowest BCUT2D eigenvalue weighted by Crippen LogP contribution is -2.27. The van der Waals surface area contributed by atoms with Gasteiger partial charge in [0, 0.05) is 17.2 Å². The minimum Gasteiger partial charge on any atom is -0.497 e. The molecule has 0 saturated carbocycles. The topological polar surface area (TPSA) is 107 Å². The lowest BCUT2D eigenvalue weighted by molar-refractivity contribution is 0.0635. The molecular weight excluding hydrogens is 509 g/mol. The molecule has 0 saturated heterocycles. The van der Waals surface area contributed by atoms with Crippen molar-refractivity contribution < 1.29 is 23.1 Å². The van der Waals surface area contributed by atoms with Crippen LogP contribution in [-0.2, 0) is 4.74 Å². The summed E-state index contributed by atoms with van der Waals surface area (Å²) in [6, 6.07) is 7.56. The smallest absolute Gasteiger partial charge is 0.413 e. The van der Waals surface area contributed by atoms with Crippen molar-refractivity contribution in [1.82, 2.24) is 15.2 Å². The van der Waals surface area contributed by atoms with Crippen molar-refractivity contribution in [3.63, 3.8) is 0 Å². The first-order valence-corrected chi connectivity index (χ1v) is 10.8. The van der Waals surface area contributed by atoms with Crippen LogP contribution in [0.5, 0.6) is 5.75 Å². The Bertz CT molecular complexity index is 1450. The molecule has 1 aromatic carbocycles. The van der Waals surface area contributed by atoms with E-state index in [-0.39, 0.29) is 34.0 Å². The van der Waals surface area contributed by atoms with Gasteiger partial charge in [0.1, 0.15) is 22.9 Å². The van der Waals surface area contributed by atoms with Crippen molar-refractivity contribution >= 4 is 44.6 Å². The Balaban J connectivity index is 1.98. The number of pyridine rings is 1. The maximum absolute atomic E-state index is 15.0. The number of amides is 1. The molecule has 3 aromatic heterocycles. The van der Waals surface area contributed by atoms with Crippen LogP contribution in [0.2, 0.25) is 0 Å². The number of carbonyl (C=O) groups excluding carboxylic acids is 1. The van der Waals surface area contributed by atoms with Gasteiger partial charge in [-0.1, -0.05) is 0 Å². The van der Waals surface area contributed by atoms with Crippen molar-refractivity contribution in [3.8, 4) is 28.3 Å². The Morgan fingerprint density at radius 1 is 1.29 bits per heavy atom. The Kier molecular flexibility index (Phi) is 6.01. The van der Waals surface area contributed by atoms with Crippen LogP contribution in [0.4, 0.5) is 20.7 Å². The maximum atomic E-state index is 15.0. The lowest BCUT2D eigenvalue weighted by Gasteiger charge is -2.19. The summed E-state index contributed by atoms with van der Waals surface area (Å²) in [5, 5.41) is 9.79. The minimum atomic E-state index is -0.734. The standard InChI is InChI=1S/C23H19BrFN5O4/c1-23(2,3)34-22(31)28-21-17-16(14-8-9-15(24)33-14)19(26-4)18(27-20(17)29-30-21)12-7-6-11(32-5)10-13(12)25/h6-10H,1-3,5H3,(H2,27,28,29,30,31). The number of hydrogen-bond donors (Lipinski definition) is 2. The number of methoxy groups -OCH3 is 1. The fraction of sp³-hybridized carbons (Fsp3) is 0.217. The van der Waals surface area contributed by atoms with Crippen LogP contribution in [0.25, 0.3) is 38.5 Å². The molecule has 0 aliphatic carbocycles. The zero-order chi connectivity index (χ0) is 24.6. The van der Waals surface area contributed by atoms with Crippen molar-refractivity contribution in [2.75, 3.05) is 12.4 Å². The summed E-state index contributed by atoms with van der Waals surface area (Å²) in [5.74, 6) is 0.0987. The number of aromatic amines is 1. The summed E-state index contributed by atoms with van der Waals surface area (Å²) in [6.45, 7) is 13.1. The number of ether oxygens (including phenoxy) is 2. The van der Waals surface area contributed by atoms with E-state index in [1.807, 2.05) is 0 Å². The van der Waals surface area contributed by atoms with Gasteiger partial charge in [-0.25, -0.2) is 19.0 Å². The van der Waals surface area contributed by atoms with Crippen LogP contribution in [0, 0.1) is 12.4 Å². The van der Waals surface area contributed by atoms with Crippen molar-refractivity contribution in [2.45, 2.75) is 26.4 Å². The monoisotopic (exact) mass is 527 g/mol. The van der Waals surface area contributed by atoms with E-state index in [1.54, 1.807) is 39.0 Å². The molecule has 4 rings (SSSR count). The first-order valence-electron chi connectivity index (χ1n) is 10.0. The zero-order valence-electron chi connectivity index (χ0n) is 18.6. The predicted molar refractivity (Wildman–Crippen MR) is 127 cm³/mol. The Hall–Kier alpha value is -3.91. The molecular formula is C23H19BrFN5O4. The molecule has 0 aliphatic rings. The summed E-state index contributed by atoms with van der Waals surface area (Å²) in [6.07, 6.45) is -0.734. The second-order valence-corrected chi connectivity index (χ2v) is 8.95. The van der Waals surface area contributed by atoms with Gasteiger partial charge in [0.05, 0.1) is 24.8 Å². The van der Waals surface area contributed by atoms with Crippen LogP contribution < -0.4 is 10.1 Å². The summed E-state index contributed by atoms with van der Waals surface area (Å²) in [4.78, 5) is 20.5. The van der Waals surface area contributed by atoms with Gasteiger partial charge in [-0.05, 0) is 61.0 Å². The Morgan fingerprint density at radius 3 is 2.65 bits per heavy atom. The van der Waals surface area contributed by atoms with Gasteiger partial charge >= 0.3 is 6.09 Å². The molecule has 1 amide bonds. The summed E-state index contributed by atoms with van der Waals surface area (Å²) < 4.78 is 31.5. The third-order valence-electron chi connectivity index (χ3n) is 4.66. The van der Waals surface area contributed by atoms with Crippen LogP contribution in [0.15, 0.2) is 39.4 Å². The van der Waals surface area contributed by atoms with Gasteiger partial charge in [0.2, 0.25) is 5.69 Å². The normalized spacial score (nSPS) is 11.3. The highest BCUT2D eigenvalue weighted by Crippen LogP contribution is 2.46. The molecule has 3 heterocycles. The Morgan fingerprint density at radius 2 is 2.06 bits per heavy atom. The molecule has 0 bridgehead atoms. The molecule has 174 valence electrons. The van der Waals surface area contributed by atoms with Gasteiger partial charge in [0.15, 0.2) is 16.1 Å². The van der Waals surface area contributed by atoms with E-state index in [9.17, 15) is 9.18 Å². The van der Waals surface area contributed by atoms with Gasteiger partial charge in [-0.3, -0.25) is 10.4 Å². The highest BCUT2D eigenvalue weighted by molar-refractivity contribution is 9.10. The van der Waals surface area contributed by atoms with Crippen LogP contribution in [0.3, 0.4) is 0 Å².